The molecule has 96 valence electrons. The van der Waals surface area contributed by atoms with Crippen molar-refractivity contribution in [3.8, 4) is 0 Å². The normalized spacial score (nSPS) is 16.8. The first-order chi connectivity index (χ1) is 6.99. The van der Waals surface area contributed by atoms with Crippen LogP contribution in [-0.2, 0) is 4.79 Å². The Hall–Kier alpha value is -0.530. The number of amides is 1. The van der Waals surface area contributed by atoms with Crippen LogP contribution in [0.2, 0.25) is 0 Å². The van der Waals surface area contributed by atoms with Gasteiger partial charge in [-0.2, -0.15) is 0 Å². The van der Waals surface area contributed by atoms with Crippen molar-refractivity contribution >= 4 is 5.91 Å². The van der Waals surface area contributed by atoms with Gasteiger partial charge in [-0.05, 0) is 32.1 Å². The maximum atomic E-state index is 12.3. The molecule has 0 heterocycles. The molecule has 0 bridgehead atoms. The Balaban J connectivity index is 4.86. The van der Waals surface area contributed by atoms with Gasteiger partial charge in [-0.3, -0.25) is 4.79 Å². The van der Waals surface area contributed by atoms with Crippen LogP contribution in [0, 0.1) is 17.3 Å². The minimum Gasteiger partial charge on any atom is -0.351 e. The smallest absolute Gasteiger partial charge is 0.224 e. The summed E-state index contributed by atoms with van der Waals surface area (Å²) < 4.78 is 0. The van der Waals surface area contributed by atoms with Crippen LogP contribution in [0.15, 0.2) is 0 Å². The second-order valence-corrected chi connectivity index (χ2v) is 6.97. The van der Waals surface area contributed by atoms with Gasteiger partial charge < -0.3 is 5.32 Å². The van der Waals surface area contributed by atoms with Crippen molar-refractivity contribution in [3.63, 3.8) is 0 Å². The molecule has 1 unspecified atom stereocenters. The lowest BCUT2D eigenvalue weighted by Gasteiger charge is -2.36. The third-order valence-corrected chi connectivity index (χ3v) is 2.93. The lowest BCUT2D eigenvalue weighted by Crippen LogP contribution is -2.48. The third kappa shape index (κ3) is 5.00. The molecule has 0 saturated heterocycles. The van der Waals surface area contributed by atoms with Crippen LogP contribution in [0.1, 0.15) is 61.8 Å². The Labute approximate surface area is 101 Å². The topological polar surface area (TPSA) is 29.1 Å². The zero-order valence-electron chi connectivity index (χ0n) is 12.3. The Morgan fingerprint density at radius 3 is 1.81 bits per heavy atom. The summed E-state index contributed by atoms with van der Waals surface area (Å²) in [7, 11) is 0. The minimum absolute atomic E-state index is 0.0186. The molecule has 2 heteroatoms. The standard InChI is InChI=1S/C14H29NO/c1-9-10(2)11(13(3,4)5)12(16)15-14(6,7)8/h10-11H,9H2,1-8H3,(H,15,16)/t10?,11-/m1/s1. The van der Waals surface area contributed by atoms with Gasteiger partial charge in [0.25, 0.3) is 0 Å². The van der Waals surface area contributed by atoms with Gasteiger partial charge in [-0.25, -0.2) is 0 Å². The van der Waals surface area contributed by atoms with Crippen molar-refractivity contribution < 1.29 is 4.79 Å². The van der Waals surface area contributed by atoms with Gasteiger partial charge in [0.15, 0.2) is 0 Å². The van der Waals surface area contributed by atoms with E-state index in [0.717, 1.165) is 6.42 Å². The van der Waals surface area contributed by atoms with Gasteiger partial charge in [0, 0.05) is 11.5 Å². The summed E-state index contributed by atoms with van der Waals surface area (Å²) in [5.41, 5.74) is -0.126. The maximum Gasteiger partial charge on any atom is 0.224 e. The molecule has 0 aliphatic rings. The van der Waals surface area contributed by atoms with E-state index in [1.165, 1.54) is 0 Å². The fraction of sp³-hybridized carbons (Fsp3) is 0.929. The van der Waals surface area contributed by atoms with E-state index in [2.05, 4.69) is 39.9 Å². The van der Waals surface area contributed by atoms with Crippen LogP contribution < -0.4 is 5.32 Å². The summed E-state index contributed by atoms with van der Waals surface area (Å²) in [6.45, 7) is 16.8. The Morgan fingerprint density at radius 2 is 1.56 bits per heavy atom. The van der Waals surface area contributed by atoms with Crippen LogP contribution in [-0.4, -0.2) is 11.4 Å². The van der Waals surface area contributed by atoms with Gasteiger partial charge >= 0.3 is 0 Å². The SMILES string of the molecule is CCC(C)[C@H](C(=O)NC(C)(C)C)C(C)(C)C. The third-order valence-electron chi connectivity index (χ3n) is 2.93. The molecule has 16 heavy (non-hydrogen) atoms. The van der Waals surface area contributed by atoms with E-state index in [1.807, 2.05) is 20.8 Å². The molecule has 0 aromatic heterocycles. The van der Waals surface area contributed by atoms with Crippen LogP contribution in [0.5, 0.6) is 0 Å². The predicted octanol–water partition coefficient (Wildman–Crippen LogP) is 3.61. The zero-order chi connectivity index (χ0) is 13.1. The second kappa shape index (κ2) is 5.20. The minimum atomic E-state index is -0.145. The average Bonchev–Trinajstić information content (AvgIpc) is 1.97. The lowest BCUT2D eigenvalue weighted by molar-refractivity contribution is -0.132. The molecule has 1 N–H and O–H groups in total. The number of carbonyl (C=O) groups excluding carboxylic acids is 1. The Bertz CT molecular complexity index is 232. The molecule has 0 aromatic carbocycles. The van der Waals surface area contributed by atoms with E-state index < -0.39 is 0 Å². The first kappa shape index (κ1) is 15.5. The van der Waals surface area contributed by atoms with E-state index in [1.54, 1.807) is 0 Å². The van der Waals surface area contributed by atoms with Crippen LogP contribution in [0.4, 0.5) is 0 Å². The van der Waals surface area contributed by atoms with Crippen molar-refractivity contribution in [3.05, 3.63) is 0 Å². The fourth-order valence-electron chi connectivity index (χ4n) is 2.19. The monoisotopic (exact) mass is 227 g/mol. The van der Waals surface area contributed by atoms with Gasteiger partial charge in [0.05, 0.1) is 0 Å². The van der Waals surface area contributed by atoms with Crippen LogP contribution in [0.3, 0.4) is 0 Å². The van der Waals surface area contributed by atoms with E-state index in [9.17, 15) is 4.79 Å². The molecule has 2 nitrogen and oxygen atoms in total. The number of nitrogens with one attached hydrogen (secondary N) is 1. The predicted molar refractivity (Wildman–Crippen MR) is 70.3 cm³/mol. The van der Waals surface area contributed by atoms with Gasteiger partial charge in [0.1, 0.15) is 0 Å². The molecule has 0 fully saturated rings. The zero-order valence-corrected chi connectivity index (χ0v) is 12.3. The molecule has 0 aliphatic heterocycles. The fourth-order valence-corrected chi connectivity index (χ4v) is 2.19. The molecule has 1 amide bonds. The summed E-state index contributed by atoms with van der Waals surface area (Å²) in [6.07, 6.45) is 1.04. The molecule has 0 aliphatic carbocycles. The molecular weight excluding hydrogens is 198 g/mol. The second-order valence-electron chi connectivity index (χ2n) is 6.97. The summed E-state index contributed by atoms with van der Waals surface area (Å²) in [6, 6.07) is 0. The Kier molecular flexibility index (Phi) is 5.03. The van der Waals surface area contributed by atoms with Crippen molar-refractivity contribution in [1.82, 2.24) is 5.32 Å². The highest BCUT2D eigenvalue weighted by atomic mass is 16.2. The summed E-state index contributed by atoms with van der Waals surface area (Å²) in [4.78, 5) is 12.3. The van der Waals surface area contributed by atoms with Gasteiger partial charge in [-0.1, -0.05) is 41.0 Å². The highest BCUT2D eigenvalue weighted by Gasteiger charge is 2.36. The lowest BCUT2D eigenvalue weighted by atomic mass is 9.72. The average molecular weight is 227 g/mol. The summed E-state index contributed by atoms with van der Waals surface area (Å²) >= 11 is 0. The highest BCUT2D eigenvalue weighted by Crippen LogP contribution is 2.34. The molecule has 0 radical (unpaired) electrons. The summed E-state index contributed by atoms with van der Waals surface area (Å²) in [5.74, 6) is 0.688. The molecule has 0 spiro atoms. The van der Waals surface area contributed by atoms with Crippen molar-refractivity contribution in [1.29, 1.82) is 0 Å². The van der Waals surface area contributed by atoms with E-state index in [4.69, 9.17) is 0 Å². The maximum absolute atomic E-state index is 12.3. The van der Waals surface area contributed by atoms with E-state index in [0.29, 0.717) is 5.92 Å². The van der Waals surface area contributed by atoms with Gasteiger partial charge in [0.2, 0.25) is 5.91 Å². The quantitative estimate of drug-likeness (QED) is 0.784. The summed E-state index contributed by atoms with van der Waals surface area (Å²) in [5, 5.41) is 3.10. The van der Waals surface area contributed by atoms with E-state index >= 15 is 0 Å². The van der Waals surface area contributed by atoms with Crippen LogP contribution in [0.25, 0.3) is 0 Å². The first-order valence-electron chi connectivity index (χ1n) is 6.31. The molecular formula is C14H29NO. The molecule has 0 aromatic rings. The molecule has 2 atom stereocenters. The number of carbonyl (C=O) groups is 1. The first-order valence-corrected chi connectivity index (χ1v) is 6.31. The van der Waals surface area contributed by atoms with Gasteiger partial charge in [-0.15, -0.1) is 0 Å². The van der Waals surface area contributed by atoms with E-state index in [-0.39, 0.29) is 22.8 Å². The largest absolute Gasteiger partial charge is 0.351 e. The molecule has 0 rings (SSSR count). The highest BCUT2D eigenvalue weighted by molar-refractivity contribution is 5.80. The van der Waals surface area contributed by atoms with Crippen molar-refractivity contribution in [2.45, 2.75) is 67.3 Å². The number of hydrogen-bond acceptors (Lipinski definition) is 1. The Morgan fingerprint density at radius 1 is 1.12 bits per heavy atom. The van der Waals surface area contributed by atoms with Crippen molar-refractivity contribution in [2.24, 2.45) is 17.3 Å². The number of rotatable bonds is 3. The van der Waals surface area contributed by atoms with Crippen LogP contribution >= 0.6 is 0 Å². The van der Waals surface area contributed by atoms with Crippen molar-refractivity contribution in [2.75, 3.05) is 0 Å². The number of hydrogen-bond donors (Lipinski definition) is 1. The molecule has 0 saturated carbocycles.